The average Bonchev–Trinajstić information content (AvgIpc) is 2.78. The van der Waals surface area contributed by atoms with E-state index in [9.17, 15) is 0 Å². The maximum atomic E-state index is 4.81. The van der Waals surface area contributed by atoms with Crippen molar-refractivity contribution >= 4 is 11.0 Å². The second-order valence-electron chi connectivity index (χ2n) is 5.14. The Morgan fingerprint density at radius 3 is 3.06 bits per heavy atom. The van der Waals surface area contributed by atoms with E-state index in [0.29, 0.717) is 6.04 Å². The van der Waals surface area contributed by atoms with Gasteiger partial charge in [0.2, 0.25) is 0 Å². The molecular formula is C15H21N3. The van der Waals surface area contributed by atoms with E-state index in [1.165, 1.54) is 24.2 Å². The van der Waals surface area contributed by atoms with Crippen molar-refractivity contribution in [2.24, 2.45) is 0 Å². The Morgan fingerprint density at radius 2 is 2.28 bits per heavy atom. The van der Waals surface area contributed by atoms with Crippen LogP contribution in [0, 0.1) is 0 Å². The van der Waals surface area contributed by atoms with Gasteiger partial charge in [0.1, 0.15) is 5.82 Å². The third-order valence-corrected chi connectivity index (χ3v) is 3.78. The lowest BCUT2D eigenvalue weighted by Gasteiger charge is -2.26. The van der Waals surface area contributed by atoms with Crippen molar-refractivity contribution in [2.45, 2.75) is 38.6 Å². The molecule has 2 aromatic rings. The Balaban J connectivity index is 2.07. The molecule has 18 heavy (non-hydrogen) atoms. The number of fused-ring (bicyclic) bond motifs is 1. The summed E-state index contributed by atoms with van der Waals surface area (Å²) < 4.78 is 2.48. The second kappa shape index (κ2) is 5.11. The summed E-state index contributed by atoms with van der Waals surface area (Å²) in [5.74, 6) is 1.26. The molecule has 2 heterocycles. The molecule has 1 saturated heterocycles. The fourth-order valence-corrected chi connectivity index (χ4v) is 2.96. The van der Waals surface area contributed by atoms with Crippen molar-refractivity contribution in [2.75, 3.05) is 13.1 Å². The smallest absolute Gasteiger partial charge is 0.110 e. The quantitative estimate of drug-likeness (QED) is 0.898. The number of hydrogen-bond acceptors (Lipinski definition) is 2. The number of nitrogens with one attached hydrogen (secondary N) is 1. The number of nitrogens with zero attached hydrogens (tertiary/aromatic N) is 2. The van der Waals surface area contributed by atoms with Crippen molar-refractivity contribution in [3.63, 3.8) is 0 Å². The lowest BCUT2D eigenvalue weighted by molar-refractivity contribution is 0.370. The van der Waals surface area contributed by atoms with Crippen LogP contribution in [0.4, 0.5) is 0 Å². The summed E-state index contributed by atoms with van der Waals surface area (Å²) in [5.41, 5.74) is 2.45. The number of piperidine rings is 1. The first-order valence-electron chi connectivity index (χ1n) is 7.06. The molecule has 1 aliphatic heterocycles. The summed E-state index contributed by atoms with van der Waals surface area (Å²) in [6.07, 6.45) is 4.77. The number of imidazole rings is 1. The van der Waals surface area contributed by atoms with Gasteiger partial charge in [-0.15, -0.1) is 0 Å². The normalized spacial score (nSPS) is 20.4. The number of aromatic nitrogens is 2. The molecule has 0 bridgehead atoms. The zero-order valence-corrected chi connectivity index (χ0v) is 11.0. The van der Waals surface area contributed by atoms with Gasteiger partial charge in [0.15, 0.2) is 0 Å². The van der Waals surface area contributed by atoms with E-state index in [2.05, 4.69) is 41.1 Å². The molecule has 96 valence electrons. The van der Waals surface area contributed by atoms with Crippen LogP contribution < -0.4 is 5.32 Å². The minimum Gasteiger partial charge on any atom is -0.324 e. The first-order valence-corrected chi connectivity index (χ1v) is 7.06. The lowest BCUT2D eigenvalue weighted by atomic mass is 10.1. The zero-order chi connectivity index (χ0) is 12.4. The van der Waals surface area contributed by atoms with Gasteiger partial charge in [-0.1, -0.05) is 19.1 Å². The maximum Gasteiger partial charge on any atom is 0.110 e. The van der Waals surface area contributed by atoms with E-state index in [-0.39, 0.29) is 0 Å². The predicted molar refractivity (Wildman–Crippen MR) is 74.9 cm³/mol. The van der Waals surface area contributed by atoms with Crippen molar-refractivity contribution in [1.29, 1.82) is 0 Å². The van der Waals surface area contributed by atoms with Gasteiger partial charge >= 0.3 is 0 Å². The molecule has 1 unspecified atom stereocenters. The first kappa shape index (κ1) is 11.7. The molecule has 1 aliphatic rings. The van der Waals surface area contributed by atoms with Gasteiger partial charge in [-0.05, 0) is 37.9 Å². The molecule has 0 amide bonds. The van der Waals surface area contributed by atoms with E-state index in [0.717, 1.165) is 31.4 Å². The van der Waals surface area contributed by atoms with E-state index in [4.69, 9.17) is 4.98 Å². The number of hydrogen-bond donors (Lipinski definition) is 1. The van der Waals surface area contributed by atoms with Crippen molar-refractivity contribution in [3.8, 4) is 0 Å². The van der Waals surface area contributed by atoms with Crippen molar-refractivity contribution in [1.82, 2.24) is 14.9 Å². The molecule has 1 N–H and O–H groups in total. The molecule has 3 nitrogen and oxygen atoms in total. The highest BCUT2D eigenvalue weighted by Crippen LogP contribution is 2.26. The minimum atomic E-state index is 0.577. The molecule has 0 saturated carbocycles. The monoisotopic (exact) mass is 243 g/mol. The first-order chi connectivity index (χ1) is 8.90. The number of aryl methyl sites for hydroxylation is 1. The number of para-hydroxylation sites is 2. The summed E-state index contributed by atoms with van der Waals surface area (Å²) in [6, 6.07) is 9.10. The molecule has 1 aromatic heterocycles. The zero-order valence-electron chi connectivity index (χ0n) is 11.0. The molecule has 1 aromatic carbocycles. The molecule has 0 radical (unpaired) electrons. The van der Waals surface area contributed by atoms with E-state index >= 15 is 0 Å². The van der Waals surface area contributed by atoms with E-state index < -0.39 is 0 Å². The Kier molecular flexibility index (Phi) is 3.33. The largest absolute Gasteiger partial charge is 0.324 e. The van der Waals surface area contributed by atoms with Gasteiger partial charge < -0.3 is 9.88 Å². The SMILES string of the molecule is CCCc1nc2ccccc2n1C1CCCNC1. The third kappa shape index (κ3) is 2.03. The van der Waals surface area contributed by atoms with Crippen LogP contribution in [0.3, 0.4) is 0 Å². The lowest BCUT2D eigenvalue weighted by Crippen LogP contribution is -2.32. The van der Waals surface area contributed by atoms with Gasteiger partial charge in [0.25, 0.3) is 0 Å². The fraction of sp³-hybridized carbons (Fsp3) is 0.533. The Labute approximate surface area is 108 Å². The predicted octanol–water partition coefficient (Wildman–Crippen LogP) is 2.91. The Bertz CT molecular complexity index is 524. The van der Waals surface area contributed by atoms with E-state index in [1.807, 2.05) is 0 Å². The van der Waals surface area contributed by atoms with Gasteiger partial charge in [0.05, 0.1) is 11.0 Å². The fourth-order valence-electron chi connectivity index (χ4n) is 2.96. The van der Waals surface area contributed by atoms with Gasteiger partial charge in [-0.3, -0.25) is 0 Å². The van der Waals surface area contributed by atoms with Crippen LogP contribution >= 0.6 is 0 Å². The molecule has 0 aliphatic carbocycles. The summed E-state index contributed by atoms with van der Waals surface area (Å²) in [4.78, 5) is 4.81. The number of rotatable bonds is 3. The molecular weight excluding hydrogens is 222 g/mol. The highest BCUT2D eigenvalue weighted by Gasteiger charge is 2.20. The van der Waals surface area contributed by atoms with E-state index in [1.54, 1.807) is 0 Å². The highest BCUT2D eigenvalue weighted by molar-refractivity contribution is 5.76. The van der Waals surface area contributed by atoms with Crippen LogP contribution in [0.15, 0.2) is 24.3 Å². The average molecular weight is 243 g/mol. The van der Waals surface area contributed by atoms with Gasteiger partial charge in [0, 0.05) is 19.0 Å². The molecule has 1 atom stereocenters. The summed E-state index contributed by atoms with van der Waals surface area (Å²) >= 11 is 0. The Hall–Kier alpha value is -1.35. The van der Waals surface area contributed by atoms with Crippen LogP contribution in [0.25, 0.3) is 11.0 Å². The summed E-state index contributed by atoms with van der Waals surface area (Å²) in [7, 11) is 0. The van der Waals surface area contributed by atoms with Gasteiger partial charge in [-0.25, -0.2) is 4.98 Å². The molecule has 3 rings (SSSR count). The third-order valence-electron chi connectivity index (χ3n) is 3.78. The van der Waals surface area contributed by atoms with Crippen LogP contribution in [0.2, 0.25) is 0 Å². The summed E-state index contributed by atoms with van der Waals surface area (Å²) in [6.45, 7) is 4.46. The minimum absolute atomic E-state index is 0.577. The van der Waals surface area contributed by atoms with Gasteiger partial charge in [-0.2, -0.15) is 0 Å². The molecule has 1 fully saturated rings. The van der Waals surface area contributed by atoms with Crippen LogP contribution in [-0.4, -0.2) is 22.6 Å². The van der Waals surface area contributed by atoms with Crippen LogP contribution in [0.1, 0.15) is 38.1 Å². The highest BCUT2D eigenvalue weighted by atomic mass is 15.1. The Morgan fingerprint density at radius 1 is 1.39 bits per heavy atom. The van der Waals surface area contributed by atoms with Crippen molar-refractivity contribution in [3.05, 3.63) is 30.1 Å². The standard InChI is InChI=1S/C15H21N3/c1-2-6-15-17-13-8-3-4-9-14(13)18(15)12-7-5-10-16-11-12/h3-4,8-9,12,16H,2,5-7,10-11H2,1H3. The summed E-state index contributed by atoms with van der Waals surface area (Å²) in [5, 5.41) is 3.51. The van der Waals surface area contributed by atoms with Crippen LogP contribution in [-0.2, 0) is 6.42 Å². The molecule has 0 spiro atoms. The topological polar surface area (TPSA) is 29.9 Å². The molecule has 3 heteroatoms. The van der Waals surface area contributed by atoms with Crippen LogP contribution in [0.5, 0.6) is 0 Å². The van der Waals surface area contributed by atoms with Crippen molar-refractivity contribution < 1.29 is 0 Å². The maximum absolute atomic E-state index is 4.81. The second-order valence-corrected chi connectivity index (χ2v) is 5.14. The number of benzene rings is 1.